The molecule has 3 aromatic rings. The number of nitrogens with one attached hydrogen (secondary N) is 1. The molecule has 0 aliphatic carbocycles. The molecule has 1 aliphatic rings. The molecule has 2 aromatic carbocycles. The number of aryl methyl sites for hydroxylation is 1. The van der Waals surface area contributed by atoms with Crippen LogP contribution < -0.4 is 15.0 Å². The first-order valence-corrected chi connectivity index (χ1v) is 14.7. The summed E-state index contributed by atoms with van der Waals surface area (Å²) in [5.41, 5.74) is 3.14. The Morgan fingerprint density at radius 3 is 2.33 bits per heavy atom. The summed E-state index contributed by atoms with van der Waals surface area (Å²) in [6.07, 6.45) is 1.04. The van der Waals surface area contributed by atoms with E-state index in [1.165, 1.54) is 18.2 Å². The zero-order chi connectivity index (χ0) is 31.5. The van der Waals surface area contributed by atoms with Crippen LogP contribution in [0.15, 0.2) is 42.5 Å². The number of carboxylic acid groups (broad SMARTS) is 1. The third-order valence-corrected chi connectivity index (χ3v) is 7.81. The minimum Gasteiger partial charge on any atom is -0.490 e. The second-order valence-corrected chi connectivity index (χ2v) is 12.9. The number of carbonyl (C=O) groups is 1. The van der Waals surface area contributed by atoms with Gasteiger partial charge in [-0.05, 0) is 81.3 Å². The van der Waals surface area contributed by atoms with Gasteiger partial charge in [-0.2, -0.15) is 0 Å². The van der Waals surface area contributed by atoms with Crippen LogP contribution in [-0.4, -0.2) is 48.4 Å². The van der Waals surface area contributed by atoms with Crippen molar-refractivity contribution in [3.05, 3.63) is 70.9 Å². The number of ether oxygens (including phenoxy) is 2. The van der Waals surface area contributed by atoms with Crippen molar-refractivity contribution < 1.29 is 28.2 Å². The molecule has 0 saturated carbocycles. The molecule has 1 fully saturated rings. The Kier molecular flexibility index (Phi) is 9.64. The predicted octanol–water partition coefficient (Wildman–Crippen LogP) is 7.57. The standard InChI is InChI=1S/C34H43F2N3O4/c1-21-27(30(32(40)41)43-33(2,3)4)29(39-17-15-34(5,6)16-18-39)28(31(37-7)38-21)23-10-13-26(25(36)20-23)42-19-14-22-8-11-24(35)12-9-22/h8-13,20,30H,14-19H2,1-7H3,(H,37,38)(H,40,41). The van der Waals surface area contributed by atoms with Crippen molar-refractivity contribution in [3.63, 3.8) is 0 Å². The first-order chi connectivity index (χ1) is 20.2. The van der Waals surface area contributed by atoms with E-state index in [4.69, 9.17) is 14.5 Å². The number of carboxylic acids is 1. The smallest absolute Gasteiger partial charge is 0.337 e. The molecule has 0 radical (unpaired) electrons. The van der Waals surface area contributed by atoms with E-state index < -0.39 is 23.5 Å². The number of aliphatic carboxylic acids is 1. The molecule has 1 aliphatic heterocycles. The van der Waals surface area contributed by atoms with E-state index in [1.807, 2.05) is 20.8 Å². The fraction of sp³-hybridized carbons (Fsp3) is 0.471. The molecule has 2 N–H and O–H groups in total. The third-order valence-electron chi connectivity index (χ3n) is 7.81. The Morgan fingerprint density at radius 1 is 1.12 bits per heavy atom. The molecule has 7 nitrogen and oxygen atoms in total. The van der Waals surface area contributed by atoms with Crippen LogP contribution in [0.2, 0.25) is 0 Å². The second-order valence-electron chi connectivity index (χ2n) is 12.9. The molecular formula is C34H43F2N3O4. The van der Waals surface area contributed by atoms with Crippen molar-refractivity contribution in [2.45, 2.75) is 72.5 Å². The van der Waals surface area contributed by atoms with Gasteiger partial charge in [0.05, 0.1) is 17.9 Å². The number of halogens is 2. The van der Waals surface area contributed by atoms with E-state index in [0.717, 1.165) is 18.4 Å². The first-order valence-electron chi connectivity index (χ1n) is 14.7. The van der Waals surface area contributed by atoms with Gasteiger partial charge in [0.2, 0.25) is 0 Å². The molecule has 232 valence electrons. The van der Waals surface area contributed by atoms with Crippen LogP contribution in [0.25, 0.3) is 11.1 Å². The zero-order valence-corrected chi connectivity index (χ0v) is 26.2. The lowest BCUT2D eigenvalue weighted by atomic mass is 9.82. The van der Waals surface area contributed by atoms with Gasteiger partial charge in [-0.25, -0.2) is 18.6 Å². The minimum atomic E-state index is -1.28. The van der Waals surface area contributed by atoms with Gasteiger partial charge in [0.25, 0.3) is 0 Å². The van der Waals surface area contributed by atoms with Gasteiger partial charge in [-0.3, -0.25) is 0 Å². The van der Waals surface area contributed by atoms with Crippen LogP contribution in [0.1, 0.15) is 70.4 Å². The van der Waals surface area contributed by atoms with E-state index >= 15 is 4.39 Å². The van der Waals surface area contributed by atoms with Crippen molar-refractivity contribution in [3.8, 4) is 16.9 Å². The predicted molar refractivity (Wildman–Crippen MR) is 166 cm³/mol. The van der Waals surface area contributed by atoms with Crippen LogP contribution in [0, 0.1) is 24.0 Å². The lowest BCUT2D eigenvalue weighted by Crippen LogP contribution is -2.39. The fourth-order valence-electron chi connectivity index (χ4n) is 5.42. The topological polar surface area (TPSA) is 83.9 Å². The molecule has 0 spiro atoms. The maximum absolute atomic E-state index is 15.6. The largest absolute Gasteiger partial charge is 0.490 e. The normalized spacial score (nSPS) is 15.7. The molecular weight excluding hydrogens is 552 g/mol. The van der Waals surface area contributed by atoms with Crippen molar-refractivity contribution in [2.75, 3.05) is 37.0 Å². The summed E-state index contributed by atoms with van der Waals surface area (Å²) < 4.78 is 40.7. The average molecular weight is 596 g/mol. The highest BCUT2D eigenvalue weighted by Crippen LogP contribution is 2.46. The van der Waals surface area contributed by atoms with Crippen molar-refractivity contribution in [2.24, 2.45) is 5.41 Å². The lowest BCUT2D eigenvalue weighted by molar-refractivity contribution is -0.160. The molecule has 2 heterocycles. The number of rotatable bonds is 10. The fourth-order valence-corrected chi connectivity index (χ4v) is 5.42. The maximum atomic E-state index is 15.6. The highest BCUT2D eigenvalue weighted by atomic mass is 19.1. The van der Waals surface area contributed by atoms with Gasteiger partial charge < -0.3 is 24.8 Å². The van der Waals surface area contributed by atoms with E-state index in [2.05, 4.69) is 24.1 Å². The number of anilines is 2. The molecule has 1 atom stereocenters. The molecule has 1 unspecified atom stereocenters. The van der Waals surface area contributed by atoms with Gasteiger partial charge in [-0.1, -0.05) is 32.0 Å². The van der Waals surface area contributed by atoms with Gasteiger partial charge >= 0.3 is 5.97 Å². The third kappa shape index (κ3) is 7.82. The number of hydrogen-bond donors (Lipinski definition) is 2. The Labute approximate surface area is 253 Å². The monoisotopic (exact) mass is 595 g/mol. The summed E-state index contributed by atoms with van der Waals surface area (Å²) in [7, 11) is 1.75. The van der Waals surface area contributed by atoms with Gasteiger partial charge in [-0.15, -0.1) is 0 Å². The Balaban J connectivity index is 1.79. The maximum Gasteiger partial charge on any atom is 0.337 e. The number of aromatic nitrogens is 1. The van der Waals surface area contributed by atoms with E-state index in [9.17, 15) is 14.3 Å². The Morgan fingerprint density at radius 2 is 1.77 bits per heavy atom. The first kappa shape index (κ1) is 32.2. The van der Waals surface area contributed by atoms with Crippen LogP contribution >= 0.6 is 0 Å². The summed E-state index contributed by atoms with van der Waals surface area (Å²) in [6.45, 7) is 13.3. The van der Waals surface area contributed by atoms with Gasteiger partial charge in [0, 0.05) is 43.4 Å². The summed E-state index contributed by atoms with van der Waals surface area (Å²) in [5, 5.41) is 13.5. The minimum absolute atomic E-state index is 0.0953. The van der Waals surface area contributed by atoms with Crippen LogP contribution in [0.3, 0.4) is 0 Å². The summed E-state index contributed by atoms with van der Waals surface area (Å²) >= 11 is 0. The molecule has 0 bridgehead atoms. The van der Waals surface area contributed by atoms with Crippen LogP contribution in [0.5, 0.6) is 5.75 Å². The SMILES string of the molecule is CNc1nc(C)c(C(OC(C)(C)C)C(=O)O)c(N2CCC(C)(C)CC2)c1-c1ccc(OCCc2ccc(F)cc2)c(F)c1. The number of piperidine rings is 1. The van der Waals surface area contributed by atoms with Crippen LogP contribution in [-0.2, 0) is 16.0 Å². The van der Waals surface area contributed by atoms with Gasteiger partial charge in [0.1, 0.15) is 11.6 Å². The quantitative estimate of drug-likeness (QED) is 0.250. The highest BCUT2D eigenvalue weighted by Gasteiger charge is 2.37. The van der Waals surface area contributed by atoms with Gasteiger partial charge in [0.15, 0.2) is 17.7 Å². The number of pyridine rings is 1. The Hall–Kier alpha value is -3.72. The Bertz CT molecular complexity index is 1440. The summed E-state index contributed by atoms with van der Waals surface area (Å²) in [5.74, 6) is -1.36. The van der Waals surface area contributed by atoms with Crippen molar-refractivity contribution >= 4 is 17.5 Å². The molecule has 0 amide bonds. The summed E-state index contributed by atoms with van der Waals surface area (Å²) in [4.78, 5) is 19.7. The second kappa shape index (κ2) is 12.9. The number of benzene rings is 2. The zero-order valence-electron chi connectivity index (χ0n) is 26.2. The van der Waals surface area contributed by atoms with Crippen molar-refractivity contribution in [1.29, 1.82) is 0 Å². The van der Waals surface area contributed by atoms with E-state index in [1.54, 1.807) is 38.2 Å². The molecule has 1 aromatic heterocycles. The average Bonchev–Trinajstić information content (AvgIpc) is 2.93. The molecule has 1 saturated heterocycles. The van der Waals surface area contributed by atoms with Crippen LogP contribution in [0.4, 0.5) is 20.3 Å². The lowest BCUT2D eigenvalue weighted by Gasteiger charge is -2.41. The number of nitrogens with zero attached hydrogens (tertiary/aromatic N) is 2. The molecule has 43 heavy (non-hydrogen) atoms. The van der Waals surface area contributed by atoms with Crippen molar-refractivity contribution in [1.82, 2.24) is 4.98 Å². The summed E-state index contributed by atoms with van der Waals surface area (Å²) in [6, 6.07) is 10.9. The highest BCUT2D eigenvalue weighted by molar-refractivity contribution is 5.92. The van der Waals surface area contributed by atoms with E-state index in [0.29, 0.717) is 53.4 Å². The molecule has 4 rings (SSSR count). The van der Waals surface area contributed by atoms with E-state index in [-0.39, 0.29) is 23.6 Å². The number of hydrogen-bond acceptors (Lipinski definition) is 6. The molecule has 9 heteroatoms.